The largest absolute Gasteiger partial charge is 0.346 e. The molecule has 1 N–H and O–H groups in total. The Balaban J connectivity index is 1.67. The van der Waals surface area contributed by atoms with Gasteiger partial charge >= 0.3 is 0 Å². The molecule has 0 spiro atoms. The van der Waals surface area contributed by atoms with Gasteiger partial charge in [-0.15, -0.1) is 0 Å². The molecule has 1 heterocycles. The molecule has 0 aliphatic heterocycles. The molecule has 1 aromatic carbocycles. The van der Waals surface area contributed by atoms with Gasteiger partial charge in [0.1, 0.15) is 0 Å². The molecule has 19 heavy (non-hydrogen) atoms. The second-order valence-corrected chi connectivity index (χ2v) is 5.03. The van der Waals surface area contributed by atoms with Crippen molar-refractivity contribution in [2.45, 2.75) is 24.8 Å². The second kappa shape index (κ2) is 4.84. The van der Waals surface area contributed by atoms with Gasteiger partial charge < -0.3 is 5.32 Å². The number of aromatic nitrogens is 1. The second-order valence-electron chi connectivity index (χ2n) is 5.03. The molecule has 0 saturated heterocycles. The Morgan fingerprint density at radius 1 is 1.11 bits per heavy atom. The molecule has 0 radical (unpaired) electrons. The minimum atomic E-state index is -0.120. The number of carbonyl (C=O) groups excluding carboxylic acids is 1. The van der Waals surface area contributed by atoms with Gasteiger partial charge in [-0.3, -0.25) is 9.78 Å². The van der Waals surface area contributed by atoms with Crippen LogP contribution in [0.2, 0.25) is 0 Å². The summed E-state index contributed by atoms with van der Waals surface area (Å²) >= 11 is 0. The number of pyridine rings is 1. The highest BCUT2D eigenvalue weighted by Gasteiger charge is 2.45. The van der Waals surface area contributed by atoms with E-state index in [9.17, 15) is 4.79 Å². The number of nitrogens with zero attached hydrogens (tertiary/aromatic N) is 1. The topological polar surface area (TPSA) is 42.0 Å². The Morgan fingerprint density at radius 2 is 1.79 bits per heavy atom. The van der Waals surface area contributed by atoms with Gasteiger partial charge in [-0.2, -0.15) is 0 Å². The SMILES string of the molecule is O=C(Cc1ccncc1)NC1(c2ccccc2)CC1. The summed E-state index contributed by atoms with van der Waals surface area (Å²) in [6.07, 6.45) is 5.90. The third kappa shape index (κ3) is 2.65. The summed E-state index contributed by atoms with van der Waals surface area (Å²) in [6.45, 7) is 0. The van der Waals surface area contributed by atoms with E-state index in [-0.39, 0.29) is 11.4 Å². The highest BCUT2D eigenvalue weighted by Crippen LogP contribution is 2.45. The Hall–Kier alpha value is -2.16. The van der Waals surface area contributed by atoms with Gasteiger partial charge in [-0.05, 0) is 36.1 Å². The molecule has 3 heteroatoms. The molecule has 1 amide bonds. The quantitative estimate of drug-likeness (QED) is 0.908. The molecule has 0 unspecified atom stereocenters. The standard InChI is InChI=1S/C16H16N2O/c19-15(12-13-6-10-17-11-7-13)18-16(8-9-16)14-4-2-1-3-5-14/h1-7,10-11H,8-9,12H2,(H,18,19). The third-order valence-electron chi connectivity index (χ3n) is 3.57. The zero-order valence-corrected chi connectivity index (χ0v) is 10.7. The summed E-state index contributed by atoms with van der Waals surface area (Å²) in [5, 5.41) is 3.17. The first-order valence-electron chi connectivity index (χ1n) is 6.54. The van der Waals surface area contributed by atoms with E-state index in [0.29, 0.717) is 6.42 Å². The summed E-state index contributed by atoms with van der Waals surface area (Å²) in [4.78, 5) is 16.1. The lowest BCUT2D eigenvalue weighted by Crippen LogP contribution is -2.35. The van der Waals surface area contributed by atoms with E-state index in [0.717, 1.165) is 18.4 Å². The van der Waals surface area contributed by atoms with Crippen LogP contribution >= 0.6 is 0 Å². The minimum absolute atomic E-state index is 0.0764. The van der Waals surface area contributed by atoms with Crippen molar-refractivity contribution in [3.8, 4) is 0 Å². The van der Waals surface area contributed by atoms with Crippen LogP contribution in [0.3, 0.4) is 0 Å². The maximum Gasteiger partial charge on any atom is 0.225 e. The summed E-state index contributed by atoms with van der Waals surface area (Å²) < 4.78 is 0. The smallest absolute Gasteiger partial charge is 0.225 e. The van der Waals surface area contributed by atoms with Crippen LogP contribution in [0.25, 0.3) is 0 Å². The molecule has 96 valence electrons. The maximum atomic E-state index is 12.1. The fourth-order valence-electron chi connectivity index (χ4n) is 2.37. The lowest BCUT2D eigenvalue weighted by atomic mass is 10.0. The van der Waals surface area contributed by atoms with Crippen LogP contribution < -0.4 is 5.32 Å². The average Bonchev–Trinajstić information content (AvgIpc) is 3.21. The van der Waals surface area contributed by atoms with Crippen LogP contribution in [0.15, 0.2) is 54.9 Å². The molecule has 1 saturated carbocycles. The Kier molecular flexibility index (Phi) is 3.03. The van der Waals surface area contributed by atoms with Crippen molar-refractivity contribution in [2.75, 3.05) is 0 Å². The first-order valence-corrected chi connectivity index (χ1v) is 6.54. The van der Waals surface area contributed by atoms with E-state index in [1.165, 1.54) is 5.56 Å². The van der Waals surface area contributed by atoms with E-state index >= 15 is 0 Å². The molecule has 1 aromatic heterocycles. The Labute approximate surface area is 112 Å². The van der Waals surface area contributed by atoms with Crippen LogP contribution in [0.4, 0.5) is 0 Å². The first-order chi connectivity index (χ1) is 9.28. The van der Waals surface area contributed by atoms with Gasteiger partial charge in [-0.25, -0.2) is 0 Å². The molecular weight excluding hydrogens is 236 g/mol. The maximum absolute atomic E-state index is 12.1. The number of hydrogen-bond donors (Lipinski definition) is 1. The van der Waals surface area contributed by atoms with Crippen molar-refractivity contribution in [2.24, 2.45) is 0 Å². The fraction of sp³-hybridized carbons (Fsp3) is 0.250. The van der Waals surface area contributed by atoms with Crippen molar-refractivity contribution in [1.82, 2.24) is 10.3 Å². The van der Waals surface area contributed by atoms with E-state index in [2.05, 4.69) is 22.4 Å². The van der Waals surface area contributed by atoms with Gasteiger partial charge in [0.15, 0.2) is 0 Å². The average molecular weight is 252 g/mol. The summed E-state index contributed by atoms with van der Waals surface area (Å²) in [5.74, 6) is 0.0764. The zero-order chi connectivity index (χ0) is 13.1. The van der Waals surface area contributed by atoms with Crippen LogP contribution in [0.5, 0.6) is 0 Å². The van der Waals surface area contributed by atoms with Crippen molar-refractivity contribution >= 4 is 5.91 Å². The number of hydrogen-bond acceptors (Lipinski definition) is 2. The van der Waals surface area contributed by atoms with Crippen molar-refractivity contribution < 1.29 is 4.79 Å². The zero-order valence-electron chi connectivity index (χ0n) is 10.7. The predicted octanol–water partition coefficient (Wildman–Crippen LogP) is 2.43. The van der Waals surface area contributed by atoms with E-state index < -0.39 is 0 Å². The molecular formula is C16H16N2O. The lowest BCUT2D eigenvalue weighted by Gasteiger charge is -2.18. The lowest BCUT2D eigenvalue weighted by molar-refractivity contribution is -0.121. The van der Waals surface area contributed by atoms with Gasteiger partial charge in [-0.1, -0.05) is 30.3 Å². The molecule has 2 aromatic rings. The third-order valence-corrected chi connectivity index (χ3v) is 3.57. The fourth-order valence-corrected chi connectivity index (χ4v) is 2.37. The number of carbonyl (C=O) groups is 1. The van der Waals surface area contributed by atoms with E-state index in [4.69, 9.17) is 0 Å². The first kappa shape index (κ1) is 11.9. The van der Waals surface area contributed by atoms with Gasteiger partial charge in [0.2, 0.25) is 5.91 Å². The minimum Gasteiger partial charge on any atom is -0.346 e. The number of benzene rings is 1. The van der Waals surface area contributed by atoms with Crippen molar-refractivity contribution in [3.05, 3.63) is 66.0 Å². The van der Waals surface area contributed by atoms with Crippen LogP contribution in [-0.4, -0.2) is 10.9 Å². The molecule has 1 aliphatic carbocycles. The molecule has 3 nitrogen and oxygen atoms in total. The Morgan fingerprint density at radius 3 is 2.42 bits per heavy atom. The summed E-state index contributed by atoms with van der Waals surface area (Å²) in [5.41, 5.74) is 2.08. The van der Waals surface area contributed by atoms with Crippen molar-refractivity contribution in [3.63, 3.8) is 0 Å². The Bertz CT molecular complexity index is 562. The number of nitrogens with one attached hydrogen (secondary N) is 1. The highest BCUT2D eigenvalue weighted by atomic mass is 16.1. The summed E-state index contributed by atoms with van der Waals surface area (Å²) in [7, 11) is 0. The van der Waals surface area contributed by atoms with Crippen LogP contribution in [0.1, 0.15) is 24.0 Å². The van der Waals surface area contributed by atoms with Gasteiger partial charge in [0, 0.05) is 12.4 Å². The summed E-state index contributed by atoms with van der Waals surface area (Å²) in [6, 6.07) is 14.0. The number of rotatable bonds is 4. The molecule has 3 rings (SSSR count). The van der Waals surface area contributed by atoms with Crippen LogP contribution in [-0.2, 0) is 16.8 Å². The number of amides is 1. The monoisotopic (exact) mass is 252 g/mol. The van der Waals surface area contributed by atoms with Gasteiger partial charge in [0.05, 0.1) is 12.0 Å². The highest BCUT2D eigenvalue weighted by molar-refractivity contribution is 5.80. The molecule has 0 atom stereocenters. The van der Waals surface area contributed by atoms with E-state index in [1.807, 2.05) is 30.3 Å². The van der Waals surface area contributed by atoms with Crippen LogP contribution in [0, 0.1) is 0 Å². The van der Waals surface area contributed by atoms with E-state index in [1.54, 1.807) is 12.4 Å². The molecule has 1 fully saturated rings. The normalized spacial score (nSPS) is 15.8. The predicted molar refractivity (Wildman–Crippen MR) is 73.4 cm³/mol. The van der Waals surface area contributed by atoms with Crippen molar-refractivity contribution in [1.29, 1.82) is 0 Å². The van der Waals surface area contributed by atoms with Gasteiger partial charge in [0.25, 0.3) is 0 Å². The molecule has 0 bridgehead atoms. The molecule has 1 aliphatic rings.